The zero-order chi connectivity index (χ0) is 17.1. The van der Waals surface area contributed by atoms with Gasteiger partial charge in [-0.25, -0.2) is 4.98 Å². The van der Waals surface area contributed by atoms with Crippen LogP contribution in [-0.2, 0) is 0 Å². The predicted octanol–water partition coefficient (Wildman–Crippen LogP) is 2.17. The average molecular weight is 333 g/mol. The Balaban J connectivity index is 1.53. The summed E-state index contributed by atoms with van der Waals surface area (Å²) in [7, 11) is 0. The molecule has 0 aliphatic heterocycles. The maximum absolute atomic E-state index is 12.4. The number of carbonyl (C=O) groups is 1. The Morgan fingerprint density at radius 3 is 2.88 bits per heavy atom. The fraction of sp³-hybridized carbons (Fsp3) is 0. The van der Waals surface area contributed by atoms with Crippen LogP contribution in [0, 0.1) is 0 Å². The Bertz CT molecular complexity index is 996. The maximum atomic E-state index is 12.4. The van der Waals surface area contributed by atoms with Crippen molar-refractivity contribution in [1.29, 1.82) is 0 Å². The van der Waals surface area contributed by atoms with Crippen molar-refractivity contribution < 1.29 is 9.21 Å². The fourth-order valence-electron chi connectivity index (χ4n) is 2.22. The smallest absolute Gasteiger partial charge is 0.277 e. The lowest BCUT2D eigenvalue weighted by atomic mass is 10.2. The van der Waals surface area contributed by atoms with Crippen molar-refractivity contribution in [2.45, 2.75) is 0 Å². The number of nitrogens with one attached hydrogen (secondary N) is 2. The number of aromatic nitrogens is 6. The molecule has 0 spiro atoms. The summed E-state index contributed by atoms with van der Waals surface area (Å²) in [5.74, 6) is 0.388. The quantitative estimate of drug-likeness (QED) is 0.586. The van der Waals surface area contributed by atoms with Crippen LogP contribution in [0.25, 0.3) is 22.8 Å². The molecular weight excluding hydrogens is 322 g/mol. The van der Waals surface area contributed by atoms with Gasteiger partial charge in [-0.05, 0) is 29.5 Å². The van der Waals surface area contributed by atoms with Crippen molar-refractivity contribution in [3.05, 3.63) is 60.7 Å². The zero-order valence-electron chi connectivity index (χ0n) is 12.7. The number of anilines is 1. The first-order valence-electron chi connectivity index (χ1n) is 7.31. The molecule has 0 fully saturated rings. The van der Waals surface area contributed by atoms with E-state index in [0.29, 0.717) is 23.0 Å². The summed E-state index contributed by atoms with van der Waals surface area (Å²) in [5, 5.41) is 16.5. The number of pyridine rings is 1. The van der Waals surface area contributed by atoms with Crippen molar-refractivity contribution in [2.24, 2.45) is 0 Å². The average Bonchev–Trinajstić information content (AvgIpc) is 3.35. The molecular formula is C16H11N7O2. The van der Waals surface area contributed by atoms with E-state index < -0.39 is 0 Å². The summed E-state index contributed by atoms with van der Waals surface area (Å²) >= 11 is 0. The van der Waals surface area contributed by atoms with Crippen LogP contribution in [0.4, 0.5) is 5.69 Å². The van der Waals surface area contributed by atoms with E-state index in [1.807, 2.05) is 6.07 Å². The molecule has 3 aromatic heterocycles. The first-order chi connectivity index (χ1) is 12.3. The van der Waals surface area contributed by atoms with E-state index in [4.69, 9.17) is 4.42 Å². The summed E-state index contributed by atoms with van der Waals surface area (Å²) in [6.45, 7) is 0. The Morgan fingerprint density at radius 1 is 1.16 bits per heavy atom. The maximum Gasteiger partial charge on any atom is 0.277 e. The number of H-pyrrole nitrogens is 1. The standard InChI is InChI=1S/C16H11N7O2/c24-15(13-9-25-16(19-13)11-4-2-6-17-8-11)18-12-5-1-3-10(7-12)14-20-22-23-21-14/h1-9H,(H,18,24)(H,20,21,22,23). The second kappa shape index (κ2) is 6.32. The first kappa shape index (κ1) is 14.7. The van der Waals surface area contributed by atoms with E-state index >= 15 is 0 Å². The largest absolute Gasteiger partial charge is 0.444 e. The number of amides is 1. The molecule has 0 unspecified atom stereocenters. The fourth-order valence-corrected chi connectivity index (χ4v) is 2.22. The van der Waals surface area contributed by atoms with Crippen molar-refractivity contribution >= 4 is 11.6 Å². The van der Waals surface area contributed by atoms with Crippen LogP contribution in [0.3, 0.4) is 0 Å². The number of hydrogen-bond acceptors (Lipinski definition) is 7. The summed E-state index contributed by atoms with van der Waals surface area (Å²) in [6, 6.07) is 10.7. The number of rotatable bonds is 4. The van der Waals surface area contributed by atoms with Gasteiger partial charge in [-0.1, -0.05) is 12.1 Å². The minimum Gasteiger partial charge on any atom is -0.444 e. The molecule has 0 saturated heterocycles. The first-order valence-corrected chi connectivity index (χ1v) is 7.31. The molecule has 0 aliphatic rings. The lowest BCUT2D eigenvalue weighted by molar-refractivity contribution is 0.102. The van der Waals surface area contributed by atoms with E-state index in [0.717, 1.165) is 5.56 Å². The Hall–Kier alpha value is -3.88. The number of oxazole rings is 1. The van der Waals surface area contributed by atoms with E-state index in [1.54, 1.807) is 42.7 Å². The van der Waals surface area contributed by atoms with Crippen LogP contribution >= 0.6 is 0 Å². The minimum absolute atomic E-state index is 0.170. The third-order valence-corrected chi connectivity index (χ3v) is 3.37. The molecule has 25 heavy (non-hydrogen) atoms. The lowest BCUT2D eigenvalue weighted by Gasteiger charge is -2.04. The van der Waals surface area contributed by atoms with Gasteiger partial charge in [-0.2, -0.15) is 5.21 Å². The van der Waals surface area contributed by atoms with Gasteiger partial charge in [-0.3, -0.25) is 9.78 Å². The summed E-state index contributed by atoms with van der Waals surface area (Å²) < 4.78 is 5.35. The van der Waals surface area contributed by atoms with Crippen LogP contribution in [0.1, 0.15) is 10.5 Å². The highest BCUT2D eigenvalue weighted by Crippen LogP contribution is 2.20. The lowest BCUT2D eigenvalue weighted by Crippen LogP contribution is -2.12. The zero-order valence-corrected chi connectivity index (χ0v) is 12.7. The third-order valence-electron chi connectivity index (χ3n) is 3.37. The number of carbonyl (C=O) groups excluding carboxylic acids is 1. The van der Waals surface area contributed by atoms with Crippen LogP contribution in [-0.4, -0.2) is 36.5 Å². The molecule has 0 aliphatic carbocycles. The molecule has 0 saturated carbocycles. The highest BCUT2D eigenvalue weighted by atomic mass is 16.3. The van der Waals surface area contributed by atoms with Crippen LogP contribution < -0.4 is 5.32 Å². The predicted molar refractivity (Wildman–Crippen MR) is 87.3 cm³/mol. The number of aromatic amines is 1. The van der Waals surface area contributed by atoms with Gasteiger partial charge in [0.1, 0.15) is 6.26 Å². The molecule has 122 valence electrons. The molecule has 4 rings (SSSR count). The highest BCUT2D eigenvalue weighted by Gasteiger charge is 2.14. The summed E-state index contributed by atoms with van der Waals surface area (Å²) in [5.41, 5.74) is 2.17. The van der Waals surface area contributed by atoms with E-state index in [1.165, 1.54) is 6.26 Å². The monoisotopic (exact) mass is 333 g/mol. The molecule has 4 aromatic rings. The van der Waals surface area contributed by atoms with E-state index in [-0.39, 0.29) is 11.6 Å². The van der Waals surface area contributed by atoms with Crippen molar-refractivity contribution in [3.63, 3.8) is 0 Å². The molecule has 2 N–H and O–H groups in total. The number of nitrogens with zero attached hydrogens (tertiary/aromatic N) is 5. The number of benzene rings is 1. The number of hydrogen-bond donors (Lipinski definition) is 2. The van der Waals surface area contributed by atoms with Crippen molar-refractivity contribution in [3.8, 4) is 22.8 Å². The van der Waals surface area contributed by atoms with E-state index in [9.17, 15) is 4.79 Å². The molecule has 9 heteroatoms. The van der Waals surface area contributed by atoms with Crippen molar-refractivity contribution in [2.75, 3.05) is 5.32 Å². The Kier molecular flexibility index (Phi) is 3.71. The molecule has 3 heterocycles. The Labute approximate surface area is 141 Å². The van der Waals surface area contributed by atoms with Gasteiger partial charge in [0.05, 0.1) is 5.56 Å². The third kappa shape index (κ3) is 3.11. The number of tetrazole rings is 1. The second-order valence-electron chi connectivity index (χ2n) is 5.05. The molecule has 0 atom stereocenters. The van der Waals surface area contributed by atoms with Gasteiger partial charge >= 0.3 is 0 Å². The topological polar surface area (TPSA) is 122 Å². The summed E-state index contributed by atoms with van der Waals surface area (Å²) in [4.78, 5) is 20.5. The van der Waals surface area contributed by atoms with Crippen LogP contribution in [0.2, 0.25) is 0 Å². The van der Waals surface area contributed by atoms with Gasteiger partial charge in [0.2, 0.25) is 11.7 Å². The molecule has 1 aromatic carbocycles. The molecule has 0 radical (unpaired) electrons. The van der Waals surface area contributed by atoms with E-state index in [2.05, 4.69) is 35.9 Å². The second-order valence-corrected chi connectivity index (χ2v) is 5.05. The SMILES string of the molecule is O=C(Nc1cccc(-c2nn[nH]n2)c1)c1coc(-c2cccnc2)n1. The van der Waals surface area contributed by atoms with Gasteiger partial charge in [0, 0.05) is 23.6 Å². The van der Waals surface area contributed by atoms with Gasteiger partial charge in [-0.15, -0.1) is 10.2 Å². The van der Waals surface area contributed by atoms with Gasteiger partial charge in [0.15, 0.2) is 5.69 Å². The Morgan fingerprint density at radius 2 is 2.08 bits per heavy atom. The van der Waals surface area contributed by atoms with Gasteiger partial charge in [0.25, 0.3) is 5.91 Å². The normalized spacial score (nSPS) is 10.6. The molecule has 0 bridgehead atoms. The van der Waals surface area contributed by atoms with Crippen molar-refractivity contribution in [1.82, 2.24) is 30.6 Å². The molecule has 9 nitrogen and oxygen atoms in total. The molecule has 1 amide bonds. The van der Waals surface area contributed by atoms with Crippen LogP contribution in [0.15, 0.2) is 59.5 Å². The minimum atomic E-state index is -0.385. The highest BCUT2D eigenvalue weighted by molar-refractivity contribution is 6.03. The summed E-state index contributed by atoms with van der Waals surface area (Å²) in [6.07, 6.45) is 4.57. The van der Waals surface area contributed by atoms with Gasteiger partial charge < -0.3 is 9.73 Å². The van der Waals surface area contributed by atoms with Crippen LogP contribution in [0.5, 0.6) is 0 Å².